The predicted molar refractivity (Wildman–Crippen MR) is 111 cm³/mol. The second-order valence-corrected chi connectivity index (χ2v) is 8.53. The van der Waals surface area contributed by atoms with Crippen LogP contribution in [0, 0.1) is 17.8 Å². The highest BCUT2D eigenvalue weighted by atomic mass is 19.4. The van der Waals surface area contributed by atoms with Gasteiger partial charge < -0.3 is 14.2 Å². The molecule has 0 aromatic heterocycles. The first kappa shape index (κ1) is 24.1. The summed E-state index contributed by atoms with van der Waals surface area (Å²) in [5.41, 5.74) is 0. The fourth-order valence-electron chi connectivity index (χ4n) is 4.75. The fourth-order valence-corrected chi connectivity index (χ4v) is 4.75. The summed E-state index contributed by atoms with van der Waals surface area (Å²) in [5, 5.41) is 0. The second-order valence-electron chi connectivity index (χ2n) is 8.53. The van der Waals surface area contributed by atoms with E-state index in [2.05, 4.69) is 4.74 Å². The monoisotopic (exact) mass is 454 g/mol. The third-order valence-corrected chi connectivity index (χ3v) is 6.35. The number of halogens is 3. The maximum atomic E-state index is 12.5. The number of rotatable bonds is 6. The van der Waals surface area contributed by atoms with Gasteiger partial charge in [-0.2, -0.15) is 0 Å². The van der Waals surface area contributed by atoms with Gasteiger partial charge in [-0.3, -0.25) is 4.79 Å². The summed E-state index contributed by atoms with van der Waals surface area (Å²) in [6.07, 6.45) is 5.56. The van der Waals surface area contributed by atoms with Crippen LogP contribution in [0.1, 0.15) is 58.3 Å². The summed E-state index contributed by atoms with van der Waals surface area (Å²) >= 11 is 0. The smallest absolute Gasteiger partial charge is 0.459 e. The predicted octanol–water partition coefficient (Wildman–Crippen LogP) is 5.98. The molecule has 8 heteroatoms. The van der Waals surface area contributed by atoms with E-state index in [9.17, 15) is 22.8 Å². The summed E-state index contributed by atoms with van der Waals surface area (Å²) < 4.78 is 51.3. The van der Waals surface area contributed by atoms with Crippen molar-refractivity contribution < 1.29 is 37.0 Å². The van der Waals surface area contributed by atoms with Gasteiger partial charge in [-0.15, -0.1) is 13.2 Å². The molecule has 1 aromatic rings. The molecule has 5 nitrogen and oxygen atoms in total. The molecular weight excluding hydrogens is 425 g/mol. The molecule has 3 rings (SSSR count). The van der Waals surface area contributed by atoms with E-state index in [0.29, 0.717) is 11.8 Å². The molecular formula is C24H29F3O5. The summed E-state index contributed by atoms with van der Waals surface area (Å²) in [6, 6.07) is 4.84. The third kappa shape index (κ3) is 7.28. The molecule has 0 amide bonds. The van der Waals surface area contributed by atoms with Crippen molar-refractivity contribution in [2.45, 2.75) is 70.8 Å². The SMILES string of the molecule is C/C=C/C(=O)O[C@H]1CC[C@H]([C@H]2CC[C@H](C(=O)Oc3ccc(OC(F)(F)F)cc3)CC2)CC1. The molecule has 32 heavy (non-hydrogen) atoms. The summed E-state index contributed by atoms with van der Waals surface area (Å²) in [6.45, 7) is 1.79. The molecule has 1 aromatic carbocycles. The van der Waals surface area contributed by atoms with E-state index in [1.54, 1.807) is 13.0 Å². The zero-order valence-electron chi connectivity index (χ0n) is 18.1. The highest BCUT2D eigenvalue weighted by molar-refractivity contribution is 5.81. The molecule has 2 saturated carbocycles. The average Bonchev–Trinajstić information content (AvgIpc) is 2.75. The molecule has 2 fully saturated rings. The van der Waals surface area contributed by atoms with Crippen molar-refractivity contribution in [1.29, 1.82) is 0 Å². The van der Waals surface area contributed by atoms with Crippen LogP contribution in [0.4, 0.5) is 13.2 Å². The maximum absolute atomic E-state index is 12.5. The van der Waals surface area contributed by atoms with Crippen LogP contribution in [0.2, 0.25) is 0 Å². The van der Waals surface area contributed by atoms with Gasteiger partial charge in [0.05, 0.1) is 5.92 Å². The highest BCUT2D eigenvalue weighted by Gasteiger charge is 2.34. The lowest BCUT2D eigenvalue weighted by atomic mass is 9.70. The lowest BCUT2D eigenvalue weighted by molar-refractivity contribution is -0.274. The molecule has 2 aliphatic rings. The van der Waals surface area contributed by atoms with Gasteiger partial charge in [0.25, 0.3) is 0 Å². The molecule has 0 aliphatic heterocycles. The average molecular weight is 454 g/mol. The Morgan fingerprint density at radius 2 is 1.41 bits per heavy atom. The Labute approximate surface area is 185 Å². The van der Waals surface area contributed by atoms with E-state index < -0.39 is 6.36 Å². The molecule has 0 radical (unpaired) electrons. The first-order valence-corrected chi connectivity index (χ1v) is 11.1. The largest absolute Gasteiger partial charge is 0.573 e. The molecule has 0 bridgehead atoms. The first-order chi connectivity index (χ1) is 15.2. The van der Waals surface area contributed by atoms with Gasteiger partial charge >= 0.3 is 18.3 Å². The van der Waals surface area contributed by atoms with E-state index >= 15 is 0 Å². The quantitative estimate of drug-likeness (QED) is 0.301. The number of alkyl halides is 3. The zero-order valence-corrected chi connectivity index (χ0v) is 18.1. The van der Waals surface area contributed by atoms with Gasteiger partial charge in [0.2, 0.25) is 0 Å². The van der Waals surface area contributed by atoms with Gasteiger partial charge in [0, 0.05) is 6.08 Å². The number of ether oxygens (including phenoxy) is 3. The lowest BCUT2D eigenvalue weighted by Crippen LogP contribution is -2.31. The number of allylic oxidation sites excluding steroid dienone is 1. The zero-order chi connectivity index (χ0) is 23.1. The van der Waals surface area contributed by atoms with Crippen molar-refractivity contribution in [3.8, 4) is 11.5 Å². The van der Waals surface area contributed by atoms with Crippen molar-refractivity contribution >= 4 is 11.9 Å². The van der Waals surface area contributed by atoms with Crippen LogP contribution in [0.3, 0.4) is 0 Å². The molecule has 176 valence electrons. The lowest BCUT2D eigenvalue weighted by Gasteiger charge is -2.37. The Balaban J connectivity index is 1.40. The van der Waals surface area contributed by atoms with Crippen molar-refractivity contribution in [1.82, 2.24) is 0 Å². The number of hydrogen-bond donors (Lipinski definition) is 0. The van der Waals surface area contributed by atoms with Crippen LogP contribution in [-0.4, -0.2) is 24.4 Å². The molecule has 0 atom stereocenters. The van der Waals surface area contributed by atoms with E-state index in [1.807, 2.05) is 0 Å². The minimum absolute atomic E-state index is 0.00538. The summed E-state index contributed by atoms with van der Waals surface area (Å²) in [7, 11) is 0. The molecule has 0 N–H and O–H groups in total. The van der Waals surface area contributed by atoms with Crippen LogP contribution >= 0.6 is 0 Å². The standard InChI is InChI=1S/C24H29F3O5/c1-2-3-22(28)30-19-10-8-17(9-11-19)16-4-6-18(7-5-16)23(29)31-20-12-14-21(15-13-20)32-24(25,26)27/h2-3,12-19H,4-11H2,1H3/b3-2+/t16-,17-,18-,19-. The Bertz CT molecular complexity index is 787. The van der Waals surface area contributed by atoms with E-state index in [1.165, 1.54) is 18.2 Å². The van der Waals surface area contributed by atoms with Gasteiger partial charge in [0.1, 0.15) is 17.6 Å². The van der Waals surface area contributed by atoms with E-state index in [0.717, 1.165) is 63.5 Å². The van der Waals surface area contributed by atoms with Crippen LogP contribution < -0.4 is 9.47 Å². The van der Waals surface area contributed by atoms with Gasteiger partial charge in [-0.25, -0.2) is 4.79 Å². The van der Waals surface area contributed by atoms with Crippen LogP contribution in [-0.2, 0) is 14.3 Å². The minimum atomic E-state index is -4.76. The summed E-state index contributed by atoms with van der Waals surface area (Å²) in [4.78, 5) is 24.1. The minimum Gasteiger partial charge on any atom is -0.459 e. The first-order valence-electron chi connectivity index (χ1n) is 11.1. The van der Waals surface area contributed by atoms with E-state index in [-0.39, 0.29) is 35.5 Å². The van der Waals surface area contributed by atoms with Crippen molar-refractivity contribution in [2.75, 3.05) is 0 Å². The highest BCUT2D eigenvalue weighted by Crippen LogP contribution is 2.41. The van der Waals surface area contributed by atoms with Crippen LogP contribution in [0.5, 0.6) is 11.5 Å². The van der Waals surface area contributed by atoms with Gasteiger partial charge in [0.15, 0.2) is 0 Å². The second kappa shape index (κ2) is 10.9. The normalized spacial score (nSPS) is 26.5. The Morgan fingerprint density at radius 1 is 0.875 bits per heavy atom. The third-order valence-electron chi connectivity index (χ3n) is 6.35. The fraction of sp³-hybridized carbons (Fsp3) is 0.583. The molecule has 0 heterocycles. The maximum Gasteiger partial charge on any atom is 0.573 e. The number of benzene rings is 1. The van der Waals surface area contributed by atoms with Crippen LogP contribution in [0.25, 0.3) is 0 Å². The topological polar surface area (TPSA) is 61.8 Å². The van der Waals surface area contributed by atoms with Gasteiger partial charge in [-0.05, 0) is 94.4 Å². The molecule has 2 aliphatic carbocycles. The molecule has 0 spiro atoms. The van der Waals surface area contributed by atoms with Crippen molar-refractivity contribution in [2.24, 2.45) is 17.8 Å². The van der Waals surface area contributed by atoms with Gasteiger partial charge in [-0.1, -0.05) is 6.08 Å². The molecule has 0 unspecified atom stereocenters. The number of carbonyl (C=O) groups excluding carboxylic acids is 2. The number of carbonyl (C=O) groups is 2. The van der Waals surface area contributed by atoms with E-state index in [4.69, 9.17) is 9.47 Å². The number of esters is 2. The summed E-state index contributed by atoms with van der Waals surface area (Å²) in [5.74, 6) is 0.178. The Hall–Kier alpha value is -2.51. The van der Waals surface area contributed by atoms with Crippen molar-refractivity contribution in [3.05, 3.63) is 36.4 Å². The molecule has 0 saturated heterocycles. The Morgan fingerprint density at radius 3 is 1.94 bits per heavy atom. The number of hydrogen-bond acceptors (Lipinski definition) is 5. The van der Waals surface area contributed by atoms with Crippen molar-refractivity contribution in [3.63, 3.8) is 0 Å². The van der Waals surface area contributed by atoms with Crippen LogP contribution in [0.15, 0.2) is 36.4 Å². The Kier molecular flexibility index (Phi) is 8.21.